The molecule has 1 rings (SSSR count). The molecule has 6 nitrogen and oxygen atoms in total. The van der Waals surface area contributed by atoms with Crippen LogP contribution in [-0.2, 0) is 11.3 Å². The van der Waals surface area contributed by atoms with Crippen LogP contribution in [0.25, 0.3) is 0 Å². The Kier molecular flexibility index (Phi) is 7.31. The molecule has 0 saturated carbocycles. The summed E-state index contributed by atoms with van der Waals surface area (Å²) in [7, 11) is 0. The van der Waals surface area contributed by atoms with Crippen LogP contribution in [0.3, 0.4) is 0 Å². The summed E-state index contributed by atoms with van der Waals surface area (Å²) in [6.07, 6.45) is 0.392. The molecule has 0 bridgehead atoms. The number of carbonyl (C=O) groups excluding carboxylic acids is 1. The number of halogens is 1. The van der Waals surface area contributed by atoms with E-state index in [9.17, 15) is 14.9 Å². The van der Waals surface area contributed by atoms with E-state index in [2.05, 4.69) is 21.2 Å². The van der Waals surface area contributed by atoms with Crippen molar-refractivity contribution < 1.29 is 9.72 Å². The minimum Gasteiger partial charge on any atom is -0.343 e. The number of hydrogen-bond acceptors (Lipinski definition) is 4. The number of hydrogen-bond donors (Lipinski definition) is 1. The second-order valence-corrected chi connectivity index (χ2v) is 5.44. The topological polar surface area (TPSA) is 75.5 Å². The van der Waals surface area contributed by atoms with Gasteiger partial charge in [-0.05, 0) is 26.0 Å². The van der Waals surface area contributed by atoms with Gasteiger partial charge >= 0.3 is 0 Å². The second kappa shape index (κ2) is 8.74. The van der Waals surface area contributed by atoms with Crippen molar-refractivity contribution in [2.45, 2.75) is 26.8 Å². The lowest BCUT2D eigenvalue weighted by Crippen LogP contribution is -2.32. The molecule has 0 aromatic heterocycles. The average Bonchev–Trinajstić information content (AvgIpc) is 2.44. The van der Waals surface area contributed by atoms with Crippen LogP contribution in [0.4, 0.5) is 5.69 Å². The first-order valence-electron chi connectivity index (χ1n) is 6.90. The van der Waals surface area contributed by atoms with E-state index in [1.54, 1.807) is 17.0 Å². The highest BCUT2D eigenvalue weighted by Crippen LogP contribution is 2.22. The van der Waals surface area contributed by atoms with E-state index in [-0.39, 0.29) is 11.6 Å². The van der Waals surface area contributed by atoms with Gasteiger partial charge in [-0.15, -0.1) is 0 Å². The van der Waals surface area contributed by atoms with Gasteiger partial charge in [0.05, 0.1) is 4.92 Å². The number of benzene rings is 1. The highest BCUT2D eigenvalue weighted by molar-refractivity contribution is 9.10. The number of nitrogens with one attached hydrogen (secondary N) is 1. The van der Waals surface area contributed by atoms with Crippen LogP contribution in [0.1, 0.15) is 25.8 Å². The van der Waals surface area contributed by atoms with Gasteiger partial charge in [0.1, 0.15) is 0 Å². The maximum Gasteiger partial charge on any atom is 0.273 e. The third-order valence-electron chi connectivity index (χ3n) is 3.19. The molecule has 0 aliphatic rings. The highest BCUT2D eigenvalue weighted by atomic mass is 79.9. The Morgan fingerprint density at radius 2 is 2.05 bits per heavy atom. The average molecular weight is 358 g/mol. The van der Waals surface area contributed by atoms with Gasteiger partial charge in [-0.25, -0.2) is 0 Å². The van der Waals surface area contributed by atoms with Crippen molar-refractivity contribution in [1.29, 1.82) is 0 Å². The first-order chi connectivity index (χ1) is 9.99. The normalized spacial score (nSPS) is 10.4. The molecule has 116 valence electrons. The maximum atomic E-state index is 11.8. The second-order valence-electron chi connectivity index (χ2n) is 4.52. The molecule has 0 heterocycles. The fourth-order valence-corrected chi connectivity index (χ4v) is 2.44. The SMILES string of the molecule is CCN(CC)C(=O)CCNCc1cc(Br)ccc1[N+](=O)[O-]. The predicted octanol–water partition coefficient (Wildman–Crippen LogP) is 2.71. The number of nitro groups is 1. The van der Waals surface area contributed by atoms with Gasteiger partial charge in [0.15, 0.2) is 0 Å². The van der Waals surface area contributed by atoms with Gasteiger partial charge in [-0.1, -0.05) is 15.9 Å². The van der Waals surface area contributed by atoms with Gasteiger partial charge in [0.2, 0.25) is 5.91 Å². The monoisotopic (exact) mass is 357 g/mol. The molecular formula is C14H20BrN3O3. The predicted molar refractivity (Wildman–Crippen MR) is 85.0 cm³/mol. The Balaban J connectivity index is 2.51. The number of amides is 1. The molecule has 0 spiro atoms. The van der Waals surface area contributed by atoms with Crippen molar-refractivity contribution in [3.63, 3.8) is 0 Å². The number of nitro benzene ring substituents is 1. The molecule has 1 N–H and O–H groups in total. The van der Waals surface area contributed by atoms with Crippen molar-refractivity contribution in [2.24, 2.45) is 0 Å². The first-order valence-corrected chi connectivity index (χ1v) is 7.70. The molecule has 0 aliphatic carbocycles. The summed E-state index contributed by atoms with van der Waals surface area (Å²) in [5, 5.41) is 14.0. The van der Waals surface area contributed by atoms with Gasteiger partial charge < -0.3 is 10.2 Å². The van der Waals surface area contributed by atoms with Gasteiger partial charge in [-0.3, -0.25) is 14.9 Å². The Labute approximate surface area is 132 Å². The van der Waals surface area contributed by atoms with E-state index in [1.165, 1.54) is 6.07 Å². The standard InChI is InChI=1S/C14H20BrN3O3/c1-3-17(4-2)14(19)7-8-16-10-11-9-12(15)5-6-13(11)18(20)21/h5-6,9,16H,3-4,7-8,10H2,1-2H3. The summed E-state index contributed by atoms with van der Waals surface area (Å²) in [5.41, 5.74) is 0.686. The van der Waals surface area contributed by atoms with Crippen LogP contribution in [0.15, 0.2) is 22.7 Å². The summed E-state index contributed by atoms with van der Waals surface area (Å²) < 4.78 is 0.795. The Hall–Kier alpha value is -1.47. The van der Waals surface area contributed by atoms with E-state index < -0.39 is 4.92 Å². The van der Waals surface area contributed by atoms with E-state index in [0.717, 1.165) is 4.47 Å². The van der Waals surface area contributed by atoms with E-state index in [4.69, 9.17) is 0 Å². The van der Waals surface area contributed by atoms with Gasteiger partial charge in [0, 0.05) is 48.7 Å². The molecule has 0 atom stereocenters. The zero-order valence-corrected chi connectivity index (χ0v) is 13.9. The molecule has 0 radical (unpaired) electrons. The summed E-state index contributed by atoms with van der Waals surface area (Å²) in [4.78, 5) is 24.1. The molecule has 0 fully saturated rings. The zero-order chi connectivity index (χ0) is 15.8. The number of nitrogens with zero attached hydrogens (tertiary/aromatic N) is 2. The van der Waals surface area contributed by atoms with Crippen LogP contribution in [0, 0.1) is 10.1 Å². The smallest absolute Gasteiger partial charge is 0.273 e. The molecule has 1 aromatic rings. The van der Waals surface area contributed by atoms with Crippen molar-refractivity contribution in [3.8, 4) is 0 Å². The van der Waals surface area contributed by atoms with Gasteiger partial charge in [0.25, 0.3) is 5.69 Å². The summed E-state index contributed by atoms with van der Waals surface area (Å²) in [6, 6.07) is 4.84. The largest absolute Gasteiger partial charge is 0.343 e. The van der Waals surface area contributed by atoms with Crippen LogP contribution < -0.4 is 5.32 Å². The number of carbonyl (C=O) groups is 1. The molecule has 0 saturated heterocycles. The van der Waals surface area contributed by atoms with Crippen molar-refractivity contribution in [2.75, 3.05) is 19.6 Å². The third kappa shape index (κ3) is 5.43. The van der Waals surface area contributed by atoms with Crippen LogP contribution in [-0.4, -0.2) is 35.4 Å². The number of rotatable bonds is 8. The molecule has 0 aliphatic heterocycles. The van der Waals surface area contributed by atoms with E-state index in [1.807, 2.05) is 13.8 Å². The Morgan fingerprint density at radius 3 is 2.62 bits per heavy atom. The van der Waals surface area contributed by atoms with Crippen molar-refractivity contribution in [3.05, 3.63) is 38.3 Å². The van der Waals surface area contributed by atoms with Crippen molar-refractivity contribution >= 4 is 27.5 Å². The lowest BCUT2D eigenvalue weighted by molar-refractivity contribution is -0.385. The first kappa shape index (κ1) is 17.6. The zero-order valence-electron chi connectivity index (χ0n) is 12.3. The molecule has 1 amide bonds. The minimum atomic E-state index is -0.398. The minimum absolute atomic E-state index is 0.0840. The van der Waals surface area contributed by atoms with Crippen LogP contribution >= 0.6 is 15.9 Å². The van der Waals surface area contributed by atoms with Crippen LogP contribution in [0.5, 0.6) is 0 Å². The fourth-order valence-electron chi connectivity index (χ4n) is 2.03. The lowest BCUT2D eigenvalue weighted by atomic mass is 10.2. The van der Waals surface area contributed by atoms with Crippen molar-refractivity contribution in [1.82, 2.24) is 10.2 Å². The van der Waals surface area contributed by atoms with Crippen LogP contribution in [0.2, 0.25) is 0 Å². The molecule has 1 aromatic carbocycles. The third-order valence-corrected chi connectivity index (χ3v) is 3.68. The highest BCUT2D eigenvalue weighted by Gasteiger charge is 2.14. The van der Waals surface area contributed by atoms with E-state index >= 15 is 0 Å². The molecule has 21 heavy (non-hydrogen) atoms. The molecule has 0 unspecified atom stereocenters. The molecular weight excluding hydrogens is 338 g/mol. The fraction of sp³-hybridized carbons (Fsp3) is 0.500. The summed E-state index contributed by atoms with van der Waals surface area (Å²) >= 11 is 3.30. The summed E-state index contributed by atoms with van der Waals surface area (Å²) in [5.74, 6) is 0.0937. The quantitative estimate of drug-likeness (QED) is 0.440. The summed E-state index contributed by atoms with van der Waals surface area (Å²) in [6.45, 7) is 6.15. The van der Waals surface area contributed by atoms with E-state index in [0.29, 0.717) is 38.2 Å². The van der Waals surface area contributed by atoms with Gasteiger partial charge in [-0.2, -0.15) is 0 Å². The maximum absolute atomic E-state index is 11.8. The molecule has 7 heteroatoms. The lowest BCUT2D eigenvalue weighted by Gasteiger charge is -2.18. The Morgan fingerprint density at radius 1 is 1.38 bits per heavy atom. The Bertz CT molecular complexity index is 504.